The summed E-state index contributed by atoms with van der Waals surface area (Å²) in [5.41, 5.74) is 0.516. The summed E-state index contributed by atoms with van der Waals surface area (Å²) in [5, 5.41) is 26.5. The van der Waals surface area contributed by atoms with Gasteiger partial charge in [-0.25, -0.2) is 4.79 Å². The Kier molecular flexibility index (Phi) is 7.82. The summed E-state index contributed by atoms with van der Waals surface area (Å²) < 4.78 is 10.3. The molecule has 1 atom stereocenters. The standard InChI is InChI=1S/C24H27N3O5/c1-31-23(29)18-4-6-19(7-5-18)27-15-21(24(30)10-12-26-13-11-24)22(28)16-32-20-8-2-17(14-25)3-9-20/h2-9,21,26-27,30H,10-13,15-16H2,1H3. The summed E-state index contributed by atoms with van der Waals surface area (Å²) >= 11 is 0. The molecule has 32 heavy (non-hydrogen) atoms. The molecule has 8 heteroatoms. The fourth-order valence-corrected chi connectivity index (χ4v) is 3.75. The number of methoxy groups -OCH3 is 1. The molecule has 0 bridgehead atoms. The number of esters is 1. The summed E-state index contributed by atoms with van der Waals surface area (Å²) in [6, 6.07) is 15.3. The smallest absolute Gasteiger partial charge is 0.337 e. The normalized spacial score (nSPS) is 15.8. The van der Waals surface area contributed by atoms with Crippen molar-refractivity contribution in [2.24, 2.45) is 5.92 Å². The number of nitriles is 1. The van der Waals surface area contributed by atoms with Crippen LogP contribution in [0.25, 0.3) is 0 Å². The van der Waals surface area contributed by atoms with E-state index in [1.807, 2.05) is 6.07 Å². The van der Waals surface area contributed by atoms with E-state index in [1.54, 1.807) is 48.5 Å². The minimum atomic E-state index is -1.14. The van der Waals surface area contributed by atoms with Crippen molar-refractivity contribution in [3.8, 4) is 11.8 Å². The molecule has 8 nitrogen and oxygen atoms in total. The van der Waals surface area contributed by atoms with Crippen LogP contribution in [0.5, 0.6) is 5.75 Å². The molecule has 3 rings (SSSR count). The van der Waals surface area contributed by atoms with Gasteiger partial charge in [-0.2, -0.15) is 5.26 Å². The highest BCUT2D eigenvalue weighted by Gasteiger charge is 2.42. The number of anilines is 1. The van der Waals surface area contributed by atoms with Crippen LogP contribution in [0.4, 0.5) is 5.69 Å². The first kappa shape index (κ1) is 23.3. The lowest BCUT2D eigenvalue weighted by Crippen LogP contribution is -2.53. The predicted molar refractivity (Wildman–Crippen MR) is 118 cm³/mol. The number of aliphatic hydroxyl groups is 1. The second kappa shape index (κ2) is 10.8. The molecule has 0 amide bonds. The van der Waals surface area contributed by atoms with Crippen LogP contribution in [0, 0.1) is 17.2 Å². The van der Waals surface area contributed by atoms with Gasteiger partial charge < -0.3 is 25.2 Å². The van der Waals surface area contributed by atoms with E-state index < -0.39 is 17.5 Å². The van der Waals surface area contributed by atoms with Crippen LogP contribution in [-0.4, -0.2) is 55.8 Å². The largest absolute Gasteiger partial charge is 0.486 e. The third-order valence-corrected chi connectivity index (χ3v) is 5.69. The Balaban J connectivity index is 1.68. The number of carbonyl (C=O) groups is 2. The number of ether oxygens (including phenoxy) is 2. The molecule has 0 aliphatic carbocycles. The topological polar surface area (TPSA) is 121 Å². The maximum atomic E-state index is 13.1. The Morgan fingerprint density at radius 2 is 1.81 bits per heavy atom. The maximum Gasteiger partial charge on any atom is 0.337 e. The molecule has 1 fully saturated rings. The zero-order valence-electron chi connectivity index (χ0n) is 18.0. The highest BCUT2D eigenvalue weighted by molar-refractivity contribution is 5.89. The summed E-state index contributed by atoms with van der Waals surface area (Å²) in [6.07, 6.45) is 0.923. The number of nitrogens with zero attached hydrogens (tertiary/aromatic N) is 1. The van der Waals surface area contributed by atoms with Crippen LogP contribution in [0.2, 0.25) is 0 Å². The molecule has 0 spiro atoms. The van der Waals surface area contributed by atoms with E-state index >= 15 is 0 Å². The Hall–Kier alpha value is -3.41. The van der Waals surface area contributed by atoms with Gasteiger partial charge in [-0.15, -0.1) is 0 Å². The second-order valence-electron chi connectivity index (χ2n) is 7.75. The molecule has 1 heterocycles. The maximum absolute atomic E-state index is 13.1. The van der Waals surface area contributed by atoms with Gasteiger partial charge in [0.25, 0.3) is 0 Å². The van der Waals surface area contributed by atoms with E-state index in [4.69, 9.17) is 14.7 Å². The molecular weight excluding hydrogens is 410 g/mol. The van der Waals surface area contributed by atoms with Crippen LogP contribution in [0.3, 0.4) is 0 Å². The number of carbonyl (C=O) groups excluding carboxylic acids is 2. The van der Waals surface area contributed by atoms with Crippen molar-refractivity contribution in [3.05, 3.63) is 59.7 Å². The van der Waals surface area contributed by atoms with E-state index in [-0.39, 0.29) is 18.9 Å². The summed E-state index contributed by atoms with van der Waals surface area (Å²) in [5.74, 6) is -0.825. The van der Waals surface area contributed by atoms with Gasteiger partial charge in [0.1, 0.15) is 12.4 Å². The average molecular weight is 437 g/mol. The molecule has 0 radical (unpaired) electrons. The number of piperidine rings is 1. The Labute approximate surface area is 187 Å². The van der Waals surface area contributed by atoms with E-state index in [0.29, 0.717) is 42.8 Å². The number of hydrogen-bond acceptors (Lipinski definition) is 8. The van der Waals surface area contributed by atoms with Crippen molar-refractivity contribution in [1.29, 1.82) is 5.26 Å². The predicted octanol–water partition coefficient (Wildman–Crippen LogP) is 2.14. The first-order chi connectivity index (χ1) is 15.4. The van der Waals surface area contributed by atoms with Crippen LogP contribution in [0.1, 0.15) is 28.8 Å². The molecule has 168 valence electrons. The molecule has 2 aromatic carbocycles. The lowest BCUT2D eigenvalue weighted by atomic mass is 9.77. The number of hydrogen-bond donors (Lipinski definition) is 3. The monoisotopic (exact) mass is 437 g/mol. The van der Waals surface area contributed by atoms with E-state index in [0.717, 1.165) is 5.69 Å². The average Bonchev–Trinajstić information content (AvgIpc) is 2.83. The van der Waals surface area contributed by atoms with Crippen molar-refractivity contribution in [1.82, 2.24) is 5.32 Å². The minimum absolute atomic E-state index is 0.185. The first-order valence-electron chi connectivity index (χ1n) is 10.5. The van der Waals surface area contributed by atoms with Gasteiger partial charge in [0.2, 0.25) is 0 Å². The van der Waals surface area contributed by atoms with E-state index in [1.165, 1.54) is 7.11 Å². The summed E-state index contributed by atoms with van der Waals surface area (Å²) in [7, 11) is 1.32. The third-order valence-electron chi connectivity index (χ3n) is 5.69. The molecule has 1 saturated heterocycles. The van der Waals surface area contributed by atoms with Gasteiger partial charge in [-0.05, 0) is 74.5 Å². The van der Waals surface area contributed by atoms with Crippen molar-refractivity contribution in [2.75, 3.05) is 38.7 Å². The number of benzene rings is 2. The van der Waals surface area contributed by atoms with Crippen LogP contribution in [0.15, 0.2) is 48.5 Å². The number of Topliss-reactive ketones (excluding diaryl/α,β-unsaturated/α-hetero) is 1. The fourth-order valence-electron chi connectivity index (χ4n) is 3.75. The highest BCUT2D eigenvalue weighted by atomic mass is 16.5. The van der Waals surface area contributed by atoms with Gasteiger partial charge >= 0.3 is 5.97 Å². The lowest BCUT2D eigenvalue weighted by molar-refractivity contribution is -0.135. The first-order valence-corrected chi connectivity index (χ1v) is 10.5. The fraction of sp³-hybridized carbons (Fsp3) is 0.375. The Morgan fingerprint density at radius 3 is 2.41 bits per heavy atom. The van der Waals surface area contributed by atoms with Crippen LogP contribution < -0.4 is 15.4 Å². The summed E-state index contributed by atoms with van der Waals surface area (Å²) in [4.78, 5) is 24.7. The van der Waals surface area contributed by atoms with Gasteiger partial charge in [0, 0.05) is 12.2 Å². The van der Waals surface area contributed by atoms with Crippen molar-refractivity contribution in [3.63, 3.8) is 0 Å². The quantitative estimate of drug-likeness (QED) is 0.510. The molecule has 0 aromatic heterocycles. The zero-order chi connectivity index (χ0) is 23.0. The van der Waals surface area contributed by atoms with Gasteiger partial charge in [0.15, 0.2) is 5.78 Å². The second-order valence-corrected chi connectivity index (χ2v) is 7.75. The Morgan fingerprint density at radius 1 is 1.16 bits per heavy atom. The molecule has 0 saturated carbocycles. The van der Waals surface area contributed by atoms with E-state index in [2.05, 4.69) is 10.6 Å². The van der Waals surface area contributed by atoms with Crippen LogP contribution in [-0.2, 0) is 9.53 Å². The minimum Gasteiger partial charge on any atom is -0.486 e. The molecule has 1 aliphatic rings. The number of nitrogens with one attached hydrogen (secondary N) is 2. The molecule has 1 unspecified atom stereocenters. The zero-order valence-corrected chi connectivity index (χ0v) is 18.0. The SMILES string of the molecule is COC(=O)c1ccc(NCC(C(=O)COc2ccc(C#N)cc2)C2(O)CCNCC2)cc1. The van der Waals surface area contributed by atoms with Gasteiger partial charge in [0.05, 0.1) is 35.8 Å². The molecular formula is C24H27N3O5. The van der Waals surface area contributed by atoms with Crippen molar-refractivity contribution >= 4 is 17.4 Å². The number of ketones is 1. The molecule has 1 aliphatic heterocycles. The van der Waals surface area contributed by atoms with Crippen molar-refractivity contribution in [2.45, 2.75) is 18.4 Å². The van der Waals surface area contributed by atoms with Gasteiger partial charge in [-0.3, -0.25) is 4.79 Å². The van der Waals surface area contributed by atoms with Gasteiger partial charge in [-0.1, -0.05) is 0 Å². The summed E-state index contributed by atoms with van der Waals surface area (Å²) in [6.45, 7) is 1.30. The van der Waals surface area contributed by atoms with Crippen LogP contribution >= 0.6 is 0 Å². The number of rotatable bonds is 9. The lowest BCUT2D eigenvalue weighted by Gasteiger charge is -2.38. The van der Waals surface area contributed by atoms with Crippen molar-refractivity contribution < 1.29 is 24.2 Å². The molecule has 3 N–H and O–H groups in total. The Bertz CT molecular complexity index is 961. The third kappa shape index (κ3) is 5.84. The van der Waals surface area contributed by atoms with E-state index in [9.17, 15) is 14.7 Å². The molecule has 2 aromatic rings. The highest BCUT2D eigenvalue weighted by Crippen LogP contribution is 2.29.